The van der Waals surface area contributed by atoms with Crippen molar-refractivity contribution in [1.82, 2.24) is 10.4 Å². The van der Waals surface area contributed by atoms with E-state index in [0.717, 1.165) is 32.2 Å². The minimum absolute atomic E-state index is 0.271. The van der Waals surface area contributed by atoms with Crippen LogP contribution in [0.5, 0.6) is 0 Å². The molecule has 0 spiro atoms. The number of nitrogens with one attached hydrogen (secondary N) is 1. The van der Waals surface area contributed by atoms with Gasteiger partial charge in [-0.25, -0.2) is 10.4 Å². The van der Waals surface area contributed by atoms with E-state index in [2.05, 4.69) is 52.4 Å². The third-order valence-corrected chi connectivity index (χ3v) is 5.61. The number of nitrogens with zero attached hydrogens (tertiary/aromatic N) is 2. The Morgan fingerprint density at radius 1 is 1.00 bits per heavy atom. The summed E-state index contributed by atoms with van der Waals surface area (Å²) in [5, 5.41) is 4.95. The highest BCUT2D eigenvalue weighted by Crippen LogP contribution is 2.26. The Bertz CT molecular complexity index is 1250. The molecule has 3 aromatic carbocycles. The zero-order valence-electron chi connectivity index (χ0n) is 17.3. The van der Waals surface area contributed by atoms with Gasteiger partial charge in [0, 0.05) is 15.4 Å². The maximum Gasteiger partial charge on any atom is 0.272 e. The number of benzene rings is 3. The van der Waals surface area contributed by atoms with E-state index in [4.69, 9.17) is 4.98 Å². The highest BCUT2D eigenvalue weighted by Gasteiger charge is 2.13. The summed E-state index contributed by atoms with van der Waals surface area (Å²) >= 11 is 3.45. The predicted molar refractivity (Wildman–Crippen MR) is 130 cm³/mol. The van der Waals surface area contributed by atoms with Crippen molar-refractivity contribution in [2.75, 3.05) is 0 Å². The fourth-order valence-electron chi connectivity index (χ4n) is 3.32. The monoisotopic (exact) mass is 471 g/mol. The molecule has 154 valence electrons. The van der Waals surface area contributed by atoms with E-state index in [1.807, 2.05) is 66.7 Å². The van der Waals surface area contributed by atoms with Gasteiger partial charge in [-0.1, -0.05) is 84.4 Å². The van der Waals surface area contributed by atoms with Gasteiger partial charge in [-0.15, -0.1) is 0 Å². The molecule has 4 nitrogen and oxygen atoms in total. The fraction of sp³-hybridized carbons (Fsp3) is 0.115. The first-order valence-electron chi connectivity index (χ1n) is 10.1. The molecule has 0 fully saturated rings. The Morgan fingerprint density at radius 2 is 1.71 bits per heavy atom. The van der Waals surface area contributed by atoms with E-state index in [9.17, 15) is 4.79 Å². The van der Waals surface area contributed by atoms with Crippen molar-refractivity contribution >= 4 is 39.0 Å². The van der Waals surface area contributed by atoms with Gasteiger partial charge in [0.2, 0.25) is 0 Å². The maximum absolute atomic E-state index is 13.0. The van der Waals surface area contributed by atoms with E-state index >= 15 is 0 Å². The number of carbonyl (C=O) groups excluding carboxylic acids is 1. The molecule has 0 saturated heterocycles. The molecule has 1 aromatic heterocycles. The van der Waals surface area contributed by atoms with E-state index in [1.165, 1.54) is 5.56 Å². The molecule has 0 aliphatic carbocycles. The van der Waals surface area contributed by atoms with Crippen LogP contribution in [0.25, 0.3) is 22.2 Å². The molecule has 4 rings (SSSR count). The van der Waals surface area contributed by atoms with E-state index < -0.39 is 0 Å². The minimum atomic E-state index is -0.271. The second kappa shape index (κ2) is 9.23. The predicted octanol–water partition coefficient (Wildman–Crippen LogP) is 6.55. The second-order valence-electron chi connectivity index (χ2n) is 7.60. The average Bonchev–Trinajstić information content (AvgIpc) is 2.79. The number of aromatic nitrogens is 1. The van der Waals surface area contributed by atoms with Crippen LogP contribution in [-0.4, -0.2) is 17.1 Å². The first-order chi connectivity index (χ1) is 15.0. The molecule has 0 atom stereocenters. The van der Waals surface area contributed by atoms with Crippen LogP contribution < -0.4 is 5.43 Å². The van der Waals surface area contributed by atoms with Gasteiger partial charge in [0.15, 0.2) is 0 Å². The molecule has 0 aliphatic heterocycles. The number of hydrazone groups is 1. The first kappa shape index (κ1) is 20.9. The summed E-state index contributed by atoms with van der Waals surface area (Å²) in [6.45, 7) is 4.32. The molecule has 1 N–H and O–H groups in total. The van der Waals surface area contributed by atoms with Gasteiger partial charge in [0.1, 0.15) is 0 Å². The molecule has 0 unspecified atom stereocenters. The summed E-state index contributed by atoms with van der Waals surface area (Å²) in [5.41, 5.74) is 7.84. The molecule has 0 radical (unpaired) electrons. The zero-order chi connectivity index (χ0) is 21.8. The minimum Gasteiger partial charge on any atom is -0.267 e. The molecule has 0 bridgehead atoms. The summed E-state index contributed by atoms with van der Waals surface area (Å²) in [5.74, 6) is 0.206. The van der Waals surface area contributed by atoms with Crippen LogP contribution >= 0.6 is 15.9 Å². The molecule has 1 heterocycles. The zero-order valence-corrected chi connectivity index (χ0v) is 18.9. The third-order valence-electron chi connectivity index (χ3n) is 5.08. The summed E-state index contributed by atoms with van der Waals surface area (Å²) in [6.07, 6.45) is 1.65. The molecular formula is C26H22BrN3O. The lowest BCUT2D eigenvalue weighted by Crippen LogP contribution is -2.18. The number of carbonyl (C=O) groups is 1. The van der Waals surface area contributed by atoms with Gasteiger partial charge in [0.05, 0.1) is 23.0 Å². The van der Waals surface area contributed by atoms with E-state index in [0.29, 0.717) is 11.5 Å². The summed E-state index contributed by atoms with van der Waals surface area (Å²) < 4.78 is 0.991. The van der Waals surface area contributed by atoms with Crippen molar-refractivity contribution < 1.29 is 4.79 Å². The van der Waals surface area contributed by atoms with Crippen molar-refractivity contribution in [3.8, 4) is 11.3 Å². The number of fused-ring (bicyclic) bond motifs is 1. The lowest BCUT2D eigenvalue weighted by molar-refractivity contribution is 0.0956. The van der Waals surface area contributed by atoms with Gasteiger partial charge in [-0.2, -0.15) is 5.10 Å². The fourth-order valence-corrected chi connectivity index (χ4v) is 3.59. The summed E-state index contributed by atoms with van der Waals surface area (Å²) in [6, 6.07) is 25.5. The number of para-hydroxylation sites is 1. The Hall–Kier alpha value is -3.31. The molecule has 0 saturated carbocycles. The van der Waals surface area contributed by atoms with Gasteiger partial charge in [-0.3, -0.25) is 4.79 Å². The van der Waals surface area contributed by atoms with Crippen molar-refractivity contribution in [3.63, 3.8) is 0 Å². The Labute approximate surface area is 190 Å². The first-order valence-corrected chi connectivity index (χ1v) is 10.9. The highest BCUT2D eigenvalue weighted by atomic mass is 79.9. The van der Waals surface area contributed by atoms with Crippen molar-refractivity contribution in [2.24, 2.45) is 5.10 Å². The molecular weight excluding hydrogens is 450 g/mol. The molecule has 0 aliphatic rings. The lowest BCUT2D eigenvalue weighted by atomic mass is 10.0. The van der Waals surface area contributed by atoms with Gasteiger partial charge in [0.25, 0.3) is 5.91 Å². The maximum atomic E-state index is 13.0. The molecule has 5 heteroatoms. The quantitative estimate of drug-likeness (QED) is 0.265. The van der Waals surface area contributed by atoms with Crippen LogP contribution in [0.2, 0.25) is 0 Å². The summed E-state index contributed by atoms with van der Waals surface area (Å²) in [7, 11) is 0. The van der Waals surface area contributed by atoms with Gasteiger partial charge in [-0.05, 0) is 41.3 Å². The van der Waals surface area contributed by atoms with Crippen LogP contribution in [0.15, 0.2) is 88.4 Å². The number of hydrogen-bond donors (Lipinski definition) is 1. The SMILES string of the molecule is CC(C)c1ccc(/C=N\NC(=O)c2cc(-c3ccc(Br)cc3)nc3ccccc23)cc1. The standard InChI is InChI=1S/C26H22BrN3O/c1-17(2)19-9-7-18(8-10-19)16-28-30-26(31)23-15-25(20-11-13-21(27)14-12-20)29-24-6-4-3-5-22(23)24/h3-17H,1-2H3,(H,30,31)/b28-16-. The van der Waals surface area contributed by atoms with Crippen molar-refractivity contribution in [1.29, 1.82) is 0 Å². The Kier molecular flexibility index (Phi) is 6.23. The van der Waals surface area contributed by atoms with Crippen molar-refractivity contribution in [3.05, 3.63) is 100 Å². The number of pyridine rings is 1. The molecule has 1 amide bonds. The topological polar surface area (TPSA) is 54.4 Å². The lowest BCUT2D eigenvalue weighted by Gasteiger charge is -2.09. The number of amides is 1. The van der Waals surface area contributed by atoms with Crippen LogP contribution in [0.4, 0.5) is 0 Å². The van der Waals surface area contributed by atoms with E-state index in [-0.39, 0.29) is 5.91 Å². The Balaban J connectivity index is 1.61. The Morgan fingerprint density at radius 3 is 2.42 bits per heavy atom. The molecule has 4 aromatic rings. The second-order valence-corrected chi connectivity index (χ2v) is 8.52. The van der Waals surface area contributed by atoms with Crippen LogP contribution in [-0.2, 0) is 0 Å². The van der Waals surface area contributed by atoms with Crippen molar-refractivity contribution in [2.45, 2.75) is 19.8 Å². The van der Waals surface area contributed by atoms with Crippen LogP contribution in [0.1, 0.15) is 41.3 Å². The van der Waals surface area contributed by atoms with Crippen LogP contribution in [0.3, 0.4) is 0 Å². The van der Waals surface area contributed by atoms with Gasteiger partial charge >= 0.3 is 0 Å². The average molecular weight is 472 g/mol. The van der Waals surface area contributed by atoms with E-state index in [1.54, 1.807) is 6.21 Å². The van der Waals surface area contributed by atoms with Gasteiger partial charge < -0.3 is 0 Å². The number of rotatable bonds is 5. The largest absolute Gasteiger partial charge is 0.272 e. The van der Waals surface area contributed by atoms with Crippen LogP contribution in [0, 0.1) is 0 Å². The molecule has 31 heavy (non-hydrogen) atoms. The third kappa shape index (κ3) is 4.89. The highest BCUT2D eigenvalue weighted by molar-refractivity contribution is 9.10. The summed E-state index contributed by atoms with van der Waals surface area (Å²) in [4.78, 5) is 17.7. The number of halogens is 1. The normalized spacial score (nSPS) is 11.4. The number of hydrogen-bond acceptors (Lipinski definition) is 3. The smallest absolute Gasteiger partial charge is 0.267 e.